The Morgan fingerprint density at radius 2 is 1.66 bits per heavy atom. The van der Waals surface area contributed by atoms with Gasteiger partial charge in [0.15, 0.2) is 0 Å². The molecule has 9 heteroatoms. The number of amides is 2. The zero-order chi connectivity index (χ0) is 26.0. The summed E-state index contributed by atoms with van der Waals surface area (Å²) in [4.78, 5) is 27.3. The van der Waals surface area contributed by atoms with Crippen LogP contribution in [0.3, 0.4) is 0 Å². The lowest BCUT2D eigenvalue weighted by molar-refractivity contribution is -0.137. The van der Waals surface area contributed by atoms with Gasteiger partial charge in [0.25, 0.3) is 5.91 Å². The van der Waals surface area contributed by atoms with E-state index in [0.717, 1.165) is 23.5 Å². The van der Waals surface area contributed by atoms with E-state index in [0.29, 0.717) is 5.82 Å². The van der Waals surface area contributed by atoms with Gasteiger partial charge in [-0.2, -0.15) is 18.3 Å². The summed E-state index contributed by atoms with van der Waals surface area (Å²) < 4.78 is 40.9. The normalized spacial score (nSPS) is 12.0. The molecule has 0 saturated carbocycles. The van der Waals surface area contributed by atoms with Crippen LogP contribution in [0.4, 0.5) is 19.0 Å². The smallest absolute Gasteiger partial charge is 0.327 e. The maximum absolute atomic E-state index is 13.1. The lowest BCUT2D eigenvalue weighted by atomic mass is 9.92. The zero-order valence-corrected chi connectivity index (χ0v) is 20.3. The molecule has 0 fully saturated rings. The first kappa shape index (κ1) is 26.0. The molecule has 0 aliphatic heterocycles. The fraction of sp³-hybridized carbons (Fsp3) is 0.346. The fourth-order valence-electron chi connectivity index (χ4n) is 3.42. The number of anilines is 1. The summed E-state index contributed by atoms with van der Waals surface area (Å²) in [5.41, 5.74) is 0.184. The average Bonchev–Trinajstić information content (AvgIpc) is 3.21. The van der Waals surface area contributed by atoms with E-state index in [9.17, 15) is 22.8 Å². The quantitative estimate of drug-likeness (QED) is 0.488. The number of rotatable bonds is 6. The number of nitrogens with one attached hydrogen (secondary N) is 1. The van der Waals surface area contributed by atoms with Crippen molar-refractivity contribution < 1.29 is 22.8 Å². The number of hydrogen-bond acceptors (Lipinski definition) is 3. The van der Waals surface area contributed by atoms with Crippen LogP contribution in [-0.4, -0.2) is 39.1 Å². The summed E-state index contributed by atoms with van der Waals surface area (Å²) in [5, 5.41) is 7.47. The lowest BCUT2D eigenvalue weighted by Gasteiger charge is -2.26. The van der Waals surface area contributed by atoms with Gasteiger partial charge in [0.1, 0.15) is 12.4 Å². The van der Waals surface area contributed by atoms with Crippen LogP contribution < -0.4 is 5.32 Å². The minimum Gasteiger partial charge on any atom is -0.327 e. The number of carbonyl (C=O) groups is 2. The predicted molar refractivity (Wildman–Crippen MR) is 129 cm³/mol. The van der Waals surface area contributed by atoms with Crippen LogP contribution in [-0.2, 0) is 16.4 Å². The van der Waals surface area contributed by atoms with Crippen molar-refractivity contribution in [3.05, 3.63) is 77.5 Å². The van der Waals surface area contributed by atoms with E-state index in [4.69, 9.17) is 0 Å². The number of aromatic nitrogens is 2. The maximum Gasteiger partial charge on any atom is 0.416 e. The number of carbonyl (C=O) groups excluding carboxylic acids is 2. The highest BCUT2D eigenvalue weighted by Gasteiger charge is 2.32. The summed E-state index contributed by atoms with van der Waals surface area (Å²) in [6.07, 6.45) is -4.57. The third-order valence-electron chi connectivity index (χ3n) is 5.38. The number of alkyl halides is 3. The largest absolute Gasteiger partial charge is 0.416 e. The molecule has 35 heavy (non-hydrogen) atoms. The zero-order valence-electron chi connectivity index (χ0n) is 20.3. The van der Waals surface area contributed by atoms with E-state index >= 15 is 0 Å². The minimum atomic E-state index is -4.57. The lowest BCUT2D eigenvalue weighted by Crippen LogP contribution is -2.42. The van der Waals surface area contributed by atoms with Crippen molar-refractivity contribution in [2.75, 3.05) is 11.9 Å². The van der Waals surface area contributed by atoms with E-state index in [1.54, 1.807) is 24.6 Å². The molecule has 3 aromatic rings. The highest BCUT2D eigenvalue weighted by Crippen LogP contribution is 2.30. The predicted octanol–water partition coefficient (Wildman–Crippen LogP) is 5.68. The third-order valence-corrected chi connectivity index (χ3v) is 5.38. The fourth-order valence-corrected chi connectivity index (χ4v) is 3.42. The van der Waals surface area contributed by atoms with Crippen molar-refractivity contribution in [1.29, 1.82) is 0 Å². The molecule has 0 bridgehead atoms. The van der Waals surface area contributed by atoms with E-state index in [1.165, 1.54) is 17.0 Å². The Bertz CT molecular complexity index is 1200. The monoisotopic (exact) mass is 486 g/mol. The molecule has 0 spiro atoms. The topological polar surface area (TPSA) is 67.2 Å². The van der Waals surface area contributed by atoms with Gasteiger partial charge >= 0.3 is 6.18 Å². The van der Waals surface area contributed by atoms with Gasteiger partial charge in [0.05, 0.1) is 16.9 Å². The van der Waals surface area contributed by atoms with E-state index in [1.807, 2.05) is 51.1 Å². The second kappa shape index (κ2) is 9.93. The van der Waals surface area contributed by atoms with Crippen LogP contribution in [0, 0.1) is 0 Å². The second-order valence-electron chi connectivity index (χ2n) is 9.57. The van der Waals surface area contributed by atoms with E-state index < -0.39 is 29.6 Å². The molecule has 0 saturated heterocycles. The third kappa shape index (κ3) is 6.29. The highest BCUT2D eigenvalue weighted by molar-refractivity contribution is 5.99. The minimum absolute atomic E-state index is 0.134. The molecule has 0 aliphatic carbocycles. The van der Waals surface area contributed by atoms with Gasteiger partial charge in [-0.25, -0.2) is 4.68 Å². The van der Waals surface area contributed by atoms with Crippen LogP contribution in [0.15, 0.2) is 60.7 Å². The Labute approximate surface area is 202 Å². The van der Waals surface area contributed by atoms with Crippen molar-refractivity contribution in [2.45, 2.75) is 52.3 Å². The van der Waals surface area contributed by atoms with Gasteiger partial charge in [-0.05, 0) is 44.2 Å². The van der Waals surface area contributed by atoms with Crippen LogP contribution in [0.2, 0.25) is 0 Å². The Morgan fingerprint density at radius 3 is 2.23 bits per heavy atom. The maximum atomic E-state index is 13.1. The van der Waals surface area contributed by atoms with Crippen molar-refractivity contribution in [3.8, 4) is 5.69 Å². The van der Waals surface area contributed by atoms with Crippen LogP contribution >= 0.6 is 0 Å². The van der Waals surface area contributed by atoms with Gasteiger partial charge in [-0.15, -0.1) is 0 Å². The molecule has 1 heterocycles. The molecule has 186 valence electrons. The molecule has 0 unspecified atom stereocenters. The number of halogens is 3. The molecule has 1 N–H and O–H groups in total. The highest BCUT2D eigenvalue weighted by atomic mass is 19.4. The molecule has 2 aromatic carbocycles. The standard InChI is InChI=1S/C26H29F3N4O2/c1-17(2)32(24(35)18-10-9-11-19(14-18)26(27,28)29)16-23(34)30-22-15-21(25(3,4)5)31-33(22)20-12-7-6-8-13-20/h6-15,17H,16H2,1-5H3,(H,30,34). The number of nitrogens with zero attached hydrogens (tertiary/aromatic N) is 3. The van der Waals surface area contributed by atoms with E-state index in [-0.39, 0.29) is 17.5 Å². The SMILES string of the molecule is CC(C)N(CC(=O)Nc1cc(C(C)(C)C)nn1-c1ccccc1)C(=O)c1cccc(C(F)(F)F)c1. The Morgan fingerprint density at radius 1 is 1.00 bits per heavy atom. The average molecular weight is 487 g/mol. The van der Waals surface area contributed by atoms with Gasteiger partial charge in [-0.1, -0.05) is 45.0 Å². The van der Waals surface area contributed by atoms with Crippen LogP contribution in [0.5, 0.6) is 0 Å². The molecule has 1 aromatic heterocycles. The van der Waals surface area contributed by atoms with Crippen molar-refractivity contribution in [2.24, 2.45) is 0 Å². The Balaban J connectivity index is 1.86. The summed E-state index contributed by atoms with van der Waals surface area (Å²) >= 11 is 0. The van der Waals surface area contributed by atoms with Gasteiger partial charge in [0, 0.05) is 23.1 Å². The summed E-state index contributed by atoms with van der Waals surface area (Å²) in [6.45, 7) is 9.08. The van der Waals surface area contributed by atoms with Gasteiger partial charge in [-0.3, -0.25) is 9.59 Å². The second-order valence-corrected chi connectivity index (χ2v) is 9.57. The van der Waals surface area contributed by atoms with Gasteiger partial charge < -0.3 is 10.2 Å². The molecule has 3 rings (SSSR count). The summed E-state index contributed by atoms with van der Waals surface area (Å²) in [6, 6.07) is 14.8. The number of hydrogen-bond donors (Lipinski definition) is 1. The number of benzene rings is 2. The van der Waals surface area contributed by atoms with Crippen LogP contribution in [0.25, 0.3) is 5.69 Å². The molecular weight excluding hydrogens is 457 g/mol. The van der Waals surface area contributed by atoms with Gasteiger partial charge in [0.2, 0.25) is 5.91 Å². The Hall–Kier alpha value is -3.62. The van der Waals surface area contributed by atoms with Crippen molar-refractivity contribution in [1.82, 2.24) is 14.7 Å². The first-order valence-corrected chi connectivity index (χ1v) is 11.2. The summed E-state index contributed by atoms with van der Waals surface area (Å²) in [7, 11) is 0. The molecule has 0 radical (unpaired) electrons. The molecule has 0 atom stereocenters. The molecular formula is C26H29F3N4O2. The van der Waals surface area contributed by atoms with E-state index in [2.05, 4.69) is 10.4 Å². The first-order valence-electron chi connectivity index (χ1n) is 11.2. The van der Waals surface area contributed by atoms with Crippen molar-refractivity contribution >= 4 is 17.6 Å². The number of para-hydroxylation sites is 1. The molecule has 6 nitrogen and oxygen atoms in total. The van der Waals surface area contributed by atoms with Crippen LogP contribution in [0.1, 0.15) is 56.2 Å². The molecule has 2 amide bonds. The first-order chi connectivity index (χ1) is 16.3. The Kier molecular flexibility index (Phi) is 7.38. The van der Waals surface area contributed by atoms with Crippen molar-refractivity contribution in [3.63, 3.8) is 0 Å². The molecule has 0 aliphatic rings. The summed E-state index contributed by atoms with van der Waals surface area (Å²) in [5.74, 6) is -0.717.